The van der Waals surface area contributed by atoms with Gasteiger partial charge in [-0.1, -0.05) is 0 Å². The van der Waals surface area contributed by atoms with Gasteiger partial charge in [0.2, 0.25) is 0 Å². The molecule has 0 aliphatic rings. The Morgan fingerprint density at radius 1 is 0.600 bits per heavy atom. The Bertz CT molecular complexity index is 81.6. The van der Waals surface area contributed by atoms with E-state index in [4.69, 9.17) is 0 Å². The normalized spacial score (nSPS) is 3.47. The maximum atomic E-state index is 9.17. The first-order chi connectivity index (χ1) is 2.91. The molecule has 0 aliphatic heterocycles. The van der Waals surface area contributed by atoms with Gasteiger partial charge in [-0.05, 0) is 0 Å². The summed E-state index contributed by atoms with van der Waals surface area (Å²) in [6.45, 7) is 0. The first kappa shape index (κ1) is 78.3. The molecule has 0 fully saturated rings. The fraction of sp³-hybridized carbons (Fsp3) is 0. The van der Waals surface area contributed by atoms with Gasteiger partial charge in [0, 0.05) is 109 Å². The SMILES string of the molecule is O=[C-]/C=C\[C-]=O.[OH-].[OH-].[OH-].[OH-].[Pb+2].[Pb].[Pb].[Pb].[Pb]. The first-order valence-electron chi connectivity index (χ1n) is 1.32. The van der Waals surface area contributed by atoms with E-state index in [1.54, 1.807) is 0 Å². The molecule has 0 aliphatic carbocycles. The summed E-state index contributed by atoms with van der Waals surface area (Å²) < 4.78 is 0. The van der Waals surface area contributed by atoms with E-state index in [1.165, 1.54) is 12.6 Å². The molecular formula is C4H6O6Pb5-4. The summed E-state index contributed by atoms with van der Waals surface area (Å²) >= 11 is 0. The molecule has 18 radical (unpaired) electrons. The van der Waals surface area contributed by atoms with Crippen molar-refractivity contribution >= 4 is 149 Å². The van der Waals surface area contributed by atoms with Crippen molar-refractivity contribution in [1.82, 2.24) is 0 Å². The fourth-order valence-electron chi connectivity index (χ4n) is 0.0680. The molecule has 0 unspecified atom stereocenters. The van der Waals surface area contributed by atoms with E-state index < -0.39 is 0 Å². The Hall–Kier alpha value is 3.53. The number of hydrogen-bond donors (Lipinski definition) is 0. The van der Waals surface area contributed by atoms with Crippen LogP contribution in [0.5, 0.6) is 0 Å². The summed E-state index contributed by atoms with van der Waals surface area (Å²) in [6, 6.07) is 0. The zero-order chi connectivity index (χ0) is 4.83. The van der Waals surface area contributed by atoms with Gasteiger partial charge in [-0.15, -0.1) is 12.6 Å². The van der Waals surface area contributed by atoms with Crippen LogP contribution in [0.15, 0.2) is 12.2 Å². The topological polar surface area (TPSA) is 154 Å². The van der Waals surface area contributed by atoms with E-state index >= 15 is 0 Å². The van der Waals surface area contributed by atoms with Crippen LogP contribution in [0.4, 0.5) is 0 Å². The summed E-state index contributed by atoms with van der Waals surface area (Å²) in [6.07, 6.45) is 4.65. The predicted molar refractivity (Wildman–Crippen MR) is 57.0 cm³/mol. The molecule has 0 aromatic heterocycles. The monoisotopic (exact) mass is 1190 g/mol. The van der Waals surface area contributed by atoms with E-state index in [1.807, 2.05) is 0 Å². The molecule has 0 saturated heterocycles. The van der Waals surface area contributed by atoms with Gasteiger partial charge in [-0.25, -0.2) is 0 Å². The van der Waals surface area contributed by atoms with Gasteiger partial charge in [0.25, 0.3) is 0 Å². The predicted octanol–water partition coefficient (Wildman–Crippen LogP) is -2.85. The molecule has 0 bridgehead atoms. The summed E-state index contributed by atoms with van der Waals surface area (Å²) in [7, 11) is 0. The van der Waals surface area contributed by atoms with Crippen LogP contribution in [0.1, 0.15) is 0 Å². The van der Waals surface area contributed by atoms with Crippen LogP contribution in [-0.4, -0.2) is 171 Å². The van der Waals surface area contributed by atoms with Gasteiger partial charge in [-0.3, -0.25) is 0 Å². The second kappa shape index (κ2) is 84.5. The number of hydrogen-bond acceptors (Lipinski definition) is 6. The van der Waals surface area contributed by atoms with E-state index in [2.05, 4.69) is 0 Å². The van der Waals surface area contributed by atoms with Gasteiger partial charge >= 0.3 is 27.3 Å². The quantitative estimate of drug-likeness (QED) is 0.165. The summed E-state index contributed by atoms with van der Waals surface area (Å²) in [5.74, 6) is 0. The third kappa shape index (κ3) is 99.1. The van der Waals surface area contributed by atoms with Crippen LogP contribution in [0.25, 0.3) is 0 Å². The van der Waals surface area contributed by atoms with Crippen LogP contribution in [0.2, 0.25) is 0 Å². The molecule has 82 valence electrons. The zero-order valence-corrected chi connectivity index (χ0v) is 26.7. The van der Waals surface area contributed by atoms with Crippen molar-refractivity contribution in [3.8, 4) is 0 Å². The number of rotatable bonds is 2. The molecule has 15 heavy (non-hydrogen) atoms. The maximum Gasteiger partial charge on any atom is 2.00 e. The van der Waals surface area contributed by atoms with E-state index in [0.717, 1.165) is 12.2 Å². The Morgan fingerprint density at radius 2 is 0.733 bits per heavy atom. The maximum absolute atomic E-state index is 9.17. The van der Waals surface area contributed by atoms with Crippen molar-refractivity contribution in [2.75, 3.05) is 0 Å². The van der Waals surface area contributed by atoms with Crippen LogP contribution >= 0.6 is 0 Å². The standard InChI is InChI=1S/C4H2O2.4H2O.5Pb/c5-3-1-2-4-6;;;;;;;;;/h1-2H;4*1H2;;;;;/q-2;;;;;;;;;+2/p-4/b2-1-;;;;;;;;;. The van der Waals surface area contributed by atoms with E-state index in [0.29, 0.717) is 0 Å². The molecule has 0 saturated carbocycles. The van der Waals surface area contributed by atoms with Gasteiger partial charge < -0.3 is 43.6 Å². The number of carbonyl (C=O) groups excluding carboxylic acids is 2. The largest absolute Gasteiger partial charge is 2.00 e. The molecule has 4 N–H and O–H groups in total. The fourth-order valence-corrected chi connectivity index (χ4v) is 0.0680. The van der Waals surface area contributed by atoms with Gasteiger partial charge in [-0.2, -0.15) is 0 Å². The molecule has 0 spiro atoms. The van der Waals surface area contributed by atoms with Crippen LogP contribution in [0.3, 0.4) is 0 Å². The minimum Gasteiger partial charge on any atom is -0.870 e. The minimum absolute atomic E-state index is 0. The molecule has 6 nitrogen and oxygen atoms in total. The Labute approximate surface area is 189 Å². The van der Waals surface area contributed by atoms with Crippen molar-refractivity contribution in [2.45, 2.75) is 0 Å². The number of allylic oxidation sites excluding steroid dienone is 2. The second-order valence-corrected chi connectivity index (χ2v) is 0.569. The third-order valence-electron chi connectivity index (χ3n) is 0.219. The van der Waals surface area contributed by atoms with Crippen molar-refractivity contribution in [3.05, 3.63) is 12.2 Å². The van der Waals surface area contributed by atoms with Crippen molar-refractivity contribution in [3.63, 3.8) is 0 Å². The van der Waals surface area contributed by atoms with Crippen molar-refractivity contribution < 1.29 is 31.5 Å². The molecule has 0 heterocycles. The van der Waals surface area contributed by atoms with Crippen LogP contribution < -0.4 is 0 Å². The molecule has 0 aromatic carbocycles. The molecule has 0 atom stereocenters. The summed E-state index contributed by atoms with van der Waals surface area (Å²) in [5, 5.41) is 0. The molecule has 11 heteroatoms. The van der Waals surface area contributed by atoms with E-state index in [-0.39, 0.29) is 158 Å². The molecule has 0 amide bonds. The Balaban J connectivity index is -0.00000000347. The second-order valence-electron chi connectivity index (χ2n) is 0.569. The van der Waals surface area contributed by atoms with Crippen LogP contribution in [0, 0.1) is 0 Å². The smallest absolute Gasteiger partial charge is 0.870 e. The third-order valence-corrected chi connectivity index (χ3v) is 0.219. The van der Waals surface area contributed by atoms with Crippen molar-refractivity contribution in [2.24, 2.45) is 0 Å². The van der Waals surface area contributed by atoms with Gasteiger partial charge in [0.05, 0.1) is 0 Å². The zero-order valence-electron chi connectivity index (χ0n) is 7.26. The Kier molecular flexibility index (Phi) is 441. The first-order valence-corrected chi connectivity index (χ1v) is 1.32. The van der Waals surface area contributed by atoms with Crippen LogP contribution in [-0.2, 0) is 9.59 Å². The van der Waals surface area contributed by atoms with Gasteiger partial charge in [0.15, 0.2) is 0 Å². The average molecular weight is 1190 g/mol. The summed E-state index contributed by atoms with van der Waals surface area (Å²) in [4.78, 5) is 18.3. The van der Waals surface area contributed by atoms with Gasteiger partial charge in [0.1, 0.15) is 0 Å². The molecule has 0 rings (SSSR count). The molecule has 0 aromatic rings. The minimum atomic E-state index is 0. The average Bonchev–Trinajstić information content (AvgIpc) is 1.61. The van der Waals surface area contributed by atoms with Crippen molar-refractivity contribution in [1.29, 1.82) is 0 Å². The summed E-state index contributed by atoms with van der Waals surface area (Å²) in [5.41, 5.74) is 0. The Morgan fingerprint density at radius 3 is 0.800 bits per heavy atom. The van der Waals surface area contributed by atoms with E-state index in [9.17, 15) is 9.59 Å². The molecular weight excluding hydrogens is 1180 g/mol.